The van der Waals surface area contributed by atoms with Crippen LogP contribution in [0.4, 0.5) is 0 Å². The zero-order chi connectivity index (χ0) is 12.8. The molecule has 6 heteroatoms. The molecule has 0 saturated heterocycles. The van der Waals surface area contributed by atoms with Crippen molar-refractivity contribution < 1.29 is 4.79 Å². The van der Waals surface area contributed by atoms with Gasteiger partial charge in [-0.3, -0.25) is 4.79 Å². The number of carbonyl (C=O) groups excluding carboxylic acids is 1. The lowest BCUT2D eigenvalue weighted by Gasteiger charge is -1.96. The first-order valence-electron chi connectivity index (χ1n) is 5.40. The van der Waals surface area contributed by atoms with Gasteiger partial charge in [0.15, 0.2) is 5.78 Å². The number of nitrogens with zero attached hydrogens (tertiary/aromatic N) is 4. The van der Waals surface area contributed by atoms with Crippen LogP contribution in [-0.2, 0) is 6.54 Å². The molecule has 92 valence electrons. The minimum absolute atomic E-state index is 0.0193. The van der Waals surface area contributed by atoms with Gasteiger partial charge in [0, 0.05) is 17.1 Å². The molecule has 0 atom stereocenters. The summed E-state index contributed by atoms with van der Waals surface area (Å²) in [4.78, 5) is 16.7. The number of rotatable bonds is 5. The van der Waals surface area contributed by atoms with Crippen molar-refractivity contribution in [3.8, 4) is 0 Å². The van der Waals surface area contributed by atoms with Crippen molar-refractivity contribution in [3.05, 3.63) is 53.4 Å². The summed E-state index contributed by atoms with van der Waals surface area (Å²) in [5, 5.41) is 3.87. The largest absolute Gasteiger partial charge is 0.292 e. The minimum atomic E-state index is -0.0193. The molecule has 0 fully saturated rings. The number of carbonyl (C=O) groups is 1. The Morgan fingerprint density at radius 2 is 2.22 bits per heavy atom. The lowest BCUT2D eigenvalue weighted by molar-refractivity contribution is 0.100. The molecule has 18 heavy (non-hydrogen) atoms. The standard InChI is InChI=1S/C12H12N4OS/c1-2-8-16-12(18-15-14-16)13-9-11(17)10-6-4-3-5-7-10/h2-7H,1,8-9H2. The van der Waals surface area contributed by atoms with Gasteiger partial charge in [-0.05, 0) is 0 Å². The normalized spacial score (nSPS) is 11.4. The van der Waals surface area contributed by atoms with Crippen molar-refractivity contribution in [1.82, 2.24) is 14.4 Å². The number of aromatic nitrogens is 3. The summed E-state index contributed by atoms with van der Waals surface area (Å²) in [5.74, 6) is -0.0193. The summed E-state index contributed by atoms with van der Waals surface area (Å²) in [7, 11) is 0. The molecule has 0 amide bonds. The minimum Gasteiger partial charge on any atom is -0.292 e. The summed E-state index contributed by atoms with van der Waals surface area (Å²) in [5.41, 5.74) is 0.661. The van der Waals surface area contributed by atoms with Crippen LogP contribution in [0.2, 0.25) is 0 Å². The Hall–Kier alpha value is -2.08. The molecule has 0 aliphatic rings. The molecule has 0 N–H and O–H groups in total. The molecule has 0 bridgehead atoms. The van der Waals surface area contributed by atoms with E-state index in [2.05, 4.69) is 21.3 Å². The van der Waals surface area contributed by atoms with Gasteiger partial charge in [0.25, 0.3) is 0 Å². The molecule has 2 aromatic rings. The molecule has 0 saturated carbocycles. The Bertz CT molecular complexity index is 600. The highest BCUT2D eigenvalue weighted by atomic mass is 32.1. The fourth-order valence-electron chi connectivity index (χ4n) is 1.39. The van der Waals surface area contributed by atoms with Crippen LogP contribution < -0.4 is 4.80 Å². The van der Waals surface area contributed by atoms with E-state index in [0.29, 0.717) is 16.9 Å². The van der Waals surface area contributed by atoms with E-state index in [0.717, 1.165) is 11.5 Å². The third-order valence-electron chi connectivity index (χ3n) is 2.24. The lowest BCUT2D eigenvalue weighted by Crippen LogP contribution is -2.17. The maximum Gasteiger partial charge on any atom is 0.223 e. The zero-order valence-electron chi connectivity index (χ0n) is 9.69. The average molecular weight is 260 g/mol. The van der Waals surface area contributed by atoms with Gasteiger partial charge in [-0.1, -0.05) is 46.1 Å². The van der Waals surface area contributed by atoms with Crippen LogP contribution in [0.25, 0.3) is 0 Å². The van der Waals surface area contributed by atoms with Gasteiger partial charge in [0.2, 0.25) is 4.80 Å². The van der Waals surface area contributed by atoms with Crippen molar-refractivity contribution >= 4 is 17.3 Å². The Balaban J connectivity index is 2.13. The van der Waals surface area contributed by atoms with Gasteiger partial charge >= 0.3 is 0 Å². The first kappa shape index (κ1) is 12.4. The molecule has 0 spiro atoms. The maximum absolute atomic E-state index is 11.8. The van der Waals surface area contributed by atoms with Gasteiger partial charge in [0.1, 0.15) is 6.54 Å². The van der Waals surface area contributed by atoms with E-state index >= 15 is 0 Å². The van der Waals surface area contributed by atoms with E-state index in [1.165, 1.54) is 0 Å². The number of allylic oxidation sites excluding steroid dienone is 1. The highest BCUT2D eigenvalue weighted by molar-refractivity contribution is 7.02. The predicted molar refractivity (Wildman–Crippen MR) is 69.3 cm³/mol. The molecular weight excluding hydrogens is 248 g/mol. The van der Waals surface area contributed by atoms with Crippen molar-refractivity contribution in [2.24, 2.45) is 4.99 Å². The summed E-state index contributed by atoms with van der Waals surface area (Å²) in [6, 6.07) is 9.10. The molecule has 0 radical (unpaired) electrons. The Labute approximate surface area is 108 Å². The SMILES string of the molecule is C=CCn1nnsc1=NCC(=O)c1ccccc1. The van der Waals surface area contributed by atoms with E-state index in [4.69, 9.17) is 0 Å². The second-order valence-electron chi connectivity index (χ2n) is 3.52. The highest BCUT2D eigenvalue weighted by Crippen LogP contribution is 1.99. The quantitative estimate of drug-likeness (QED) is 0.601. The third-order valence-corrected chi connectivity index (χ3v) is 2.90. The molecule has 0 unspecified atom stereocenters. The number of hydrogen-bond donors (Lipinski definition) is 0. The Morgan fingerprint density at radius 3 is 2.94 bits per heavy atom. The second-order valence-corrected chi connectivity index (χ2v) is 4.23. The van der Waals surface area contributed by atoms with Gasteiger partial charge < -0.3 is 0 Å². The molecule has 1 heterocycles. The van der Waals surface area contributed by atoms with Crippen LogP contribution in [0.5, 0.6) is 0 Å². The fourth-order valence-corrected chi connectivity index (χ4v) is 1.91. The fraction of sp³-hybridized carbons (Fsp3) is 0.167. The first-order valence-corrected chi connectivity index (χ1v) is 6.17. The van der Waals surface area contributed by atoms with Crippen LogP contribution in [0.3, 0.4) is 0 Å². The van der Waals surface area contributed by atoms with Gasteiger partial charge in [-0.25, -0.2) is 9.67 Å². The van der Waals surface area contributed by atoms with Crippen LogP contribution in [0, 0.1) is 0 Å². The van der Waals surface area contributed by atoms with E-state index < -0.39 is 0 Å². The number of Topliss-reactive ketones (excluding diaryl/α,β-unsaturated/α-hetero) is 1. The maximum atomic E-state index is 11.8. The molecular formula is C12H12N4OS. The summed E-state index contributed by atoms with van der Waals surface area (Å²) in [6.07, 6.45) is 1.71. The molecule has 5 nitrogen and oxygen atoms in total. The molecule has 1 aromatic carbocycles. The van der Waals surface area contributed by atoms with Crippen LogP contribution in [0.1, 0.15) is 10.4 Å². The smallest absolute Gasteiger partial charge is 0.223 e. The first-order chi connectivity index (χ1) is 8.81. The van der Waals surface area contributed by atoms with Crippen molar-refractivity contribution in [3.63, 3.8) is 0 Å². The highest BCUT2D eigenvalue weighted by Gasteiger charge is 2.04. The monoisotopic (exact) mass is 260 g/mol. The molecule has 0 aliphatic carbocycles. The lowest BCUT2D eigenvalue weighted by atomic mass is 10.1. The zero-order valence-corrected chi connectivity index (χ0v) is 10.5. The van der Waals surface area contributed by atoms with Crippen LogP contribution in [0.15, 0.2) is 48.0 Å². The molecule has 0 aliphatic heterocycles. The molecule has 2 rings (SSSR count). The number of hydrogen-bond acceptors (Lipinski definition) is 5. The van der Waals surface area contributed by atoms with Gasteiger partial charge in [-0.15, -0.1) is 6.58 Å². The van der Waals surface area contributed by atoms with E-state index in [9.17, 15) is 4.79 Å². The van der Waals surface area contributed by atoms with Gasteiger partial charge in [-0.2, -0.15) is 0 Å². The average Bonchev–Trinajstić information content (AvgIpc) is 2.85. The third kappa shape index (κ3) is 2.98. The van der Waals surface area contributed by atoms with Gasteiger partial charge in [0.05, 0.1) is 6.54 Å². The Morgan fingerprint density at radius 1 is 1.44 bits per heavy atom. The summed E-state index contributed by atoms with van der Waals surface area (Å²) >= 11 is 1.16. The summed E-state index contributed by atoms with van der Waals surface area (Å²) in [6.45, 7) is 4.27. The van der Waals surface area contributed by atoms with Crippen molar-refractivity contribution in [2.45, 2.75) is 6.54 Å². The van der Waals surface area contributed by atoms with E-state index in [1.54, 1.807) is 22.9 Å². The van der Waals surface area contributed by atoms with Crippen LogP contribution in [-0.4, -0.2) is 26.7 Å². The second kappa shape index (κ2) is 6.02. The van der Waals surface area contributed by atoms with Crippen molar-refractivity contribution in [1.29, 1.82) is 0 Å². The summed E-state index contributed by atoms with van der Waals surface area (Å²) < 4.78 is 5.40. The topological polar surface area (TPSA) is 60.1 Å². The number of benzene rings is 1. The Kier molecular flexibility index (Phi) is 4.14. The van der Waals surface area contributed by atoms with E-state index in [1.807, 2.05) is 18.2 Å². The van der Waals surface area contributed by atoms with Crippen LogP contribution >= 0.6 is 11.5 Å². The van der Waals surface area contributed by atoms with E-state index in [-0.39, 0.29) is 12.3 Å². The number of ketones is 1. The predicted octanol–water partition coefficient (Wildman–Crippen LogP) is 1.31. The van der Waals surface area contributed by atoms with Crippen molar-refractivity contribution in [2.75, 3.05) is 6.54 Å². The molecule has 1 aromatic heterocycles.